The van der Waals surface area contributed by atoms with Gasteiger partial charge in [-0.25, -0.2) is 4.39 Å². The van der Waals surface area contributed by atoms with Gasteiger partial charge in [0.15, 0.2) is 0 Å². The van der Waals surface area contributed by atoms with Gasteiger partial charge in [0.25, 0.3) is 0 Å². The van der Waals surface area contributed by atoms with E-state index in [0.29, 0.717) is 16.5 Å². The van der Waals surface area contributed by atoms with Gasteiger partial charge in [0.05, 0.1) is 6.61 Å². The summed E-state index contributed by atoms with van der Waals surface area (Å²) in [5.41, 5.74) is 0.836. The van der Waals surface area contributed by atoms with Gasteiger partial charge in [0.1, 0.15) is 5.82 Å². The molecule has 0 atom stereocenters. The van der Waals surface area contributed by atoms with E-state index < -0.39 is 0 Å². The maximum Gasteiger partial charge on any atom is 0.135 e. The second-order valence-corrected chi connectivity index (χ2v) is 3.18. The van der Waals surface area contributed by atoms with Gasteiger partial charge in [-0.2, -0.15) is 0 Å². The molecule has 0 bridgehead atoms. The van der Waals surface area contributed by atoms with Crippen LogP contribution in [0.4, 0.5) is 4.39 Å². The molecule has 0 heterocycles. The zero-order valence-electron chi connectivity index (χ0n) is 7.00. The highest BCUT2D eigenvalue weighted by molar-refractivity contribution is 9.09. The van der Waals surface area contributed by atoms with Crippen molar-refractivity contribution in [1.29, 1.82) is 0 Å². The molecule has 1 aromatic rings. The first-order valence-corrected chi connectivity index (χ1v) is 5.02. The molecular formula is C10H10BrFO. The number of hydrogen-bond acceptors (Lipinski definition) is 1. The number of rotatable bonds is 3. The van der Waals surface area contributed by atoms with E-state index in [2.05, 4.69) is 15.9 Å². The Balaban J connectivity index is 3.01. The molecule has 3 heteroatoms. The number of aliphatic hydroxyl groups is 1. The summed E-state index contributed by atoms with van der Waals surface area (Å²) in [6.45, 7) is -0.262. The summed E-state index contributed by atoms with van der Waals surface area (Å²) in [5.74, 6) is -0.345. The summed E-state index contributed by atoms with van der Waals surface area (Å²) < 4.78 is 13.4. The van der Waals surface area contributed by atoms with E-state index in [4.69, 9.17) is 5.11 Å². The molecule has 0 amide bonds. The average molecular weight is 245 g/mol. The summed E-state index contributed by atoms with van der Waals surface area (Å²) >= 11 is 3.21. The minimum atomic E-state index is -0.345. The summed E-state index contributed by atoms with van der Waals surface area (Å²) in [4.78, 5) is 0. The van der Waals surface area contributed by atoms with E-state index >= 15 is 0 Å². The van der Waals surface area contributed by atoms with Crippen LogP contribution in [-0.2, 0) is 6.61 Å². The second-order valence-electron chi connectivity index (χ2n) is 2.54. The summed E-state index contributed by atoms with van der Waals surface area (Å²) in [6.07, 6.45) is 3.49. The van der Waals surface area contributed by atoms with Gasteiger partial charge in [-0.05, 0) is 0 Å². The maximum absolute atomic E-state index is 13.4. The Morgan fingerprint density at radius 3 is 2.85 bits per heavy atom. The van der Waals surface area contributed by atoms with Crippen molar-refractivity contribution in [2.24, 2.45) is 0 Å². The van der Waals surface area contributed by atoms with Crippen LogP contribution in [0.15, 0.2) is 24.3 Å². The third-order valence-electron chi connectivity index (χ3n) is 1.67. The van der Waals surface area contributed by atoms with Crippen LogP contribution in [0.2, 0.25) is 0 Å². The normalized spacial score (nSPS) is 11.0. The fraction of sp³-hybridized carbons (Fsp3) is 0.200. The smallest absolute Gasteiger partial charge is 0.135 e. The molecule has 0 aliphatic rings. The fourth-order valence-corrected chi connectivity index (χ4v) is 1.21. The van der Waals surface area contributed by atoms with Crippen LogP contribution in [0, 0.1) is 5.82 Å². The first kappa shape index (κ1) is 10.4. The van der Waals surface area contributed by atoms with Crippen LogP contribution in [-0.4, -0.2) is 10.4 Å². The molecule has 0 saturated carbocycles. The fourth-order valence-electron chi connectivity index (χ4n) is 1.02. The quantitative estimate of drug-likeness (QED) is 0.812. The lowest BCUT2D eigenvalue weighted by Crippen LogP contribution is -1.92. The van der Waals surface area contributed by atoms with E-state index in [1.165, 1.54) is 0 Å². The highest BCUT2D eigenvalue weighted by Gasteiger charge is 2.03. The Hall–Kier alpha value is -0.670. The maximum atomic E-state index is 13.4. The van der Waals surface area contributed by atoms with Gasteiger partial charge in [0.2, 0.25) is 0 Å². The van der Waals surface area contributed by atoms with Crippen molar-refractivity contribution < 1.29 is 9.50 Å². The predicted molar refractivity (Wildman–Crippen MR) is 55.2 cm³/mol. The Morgan fingerprint density at radius 1 is 1.46 bits per heavy atom. The first-order valence-electron chi connectivity index (χ1n) is 3.90. The molecule has 1 rings (SSSR count). The van der Waals surface area contributed by atoms with Gasteiger partial charge in [-0.15, -0.1) is 0 Å². The molecule has 13 heavy (non-hydrogen) atoms. The lowest BCUT2D eigenvalue weighted by molar-refractivity contribution is 0.275. The van der Waals surface area contributed by atoms with Gasteiger partial charge >= 0.3 is 0 Å². The summed E-state index contributed by atoms with van der Waals surface area (Å²) in [7, 11) is 0. The number of aliphatic hydroxyl groups excluding tert-OH is 1. The van der Waals surface area contributed by atoms with Gasteiger partial charge < -0.3 is 5.11 Å². The van der Waals surface area contributed by atoms with Crippen LogP contribution in [0.1, 0.15) is 11.1 Å². The largest absolute Gasteiger partial charge is 0.392 e. The summed E-state index contributed by atoms with van der Waals surface area (Å²) in [5, 5.41) is 9.49. The molecule has 70 valence electrons. The Kier molecular flexibility index (Phi) is 4.12. The third kappa shape index (κ3) is 2.64. The molecule has 0 aromatic heterocycles. The van der Waals surface area contributed by atoms with Crippen LogP contribution in [0.5, 0.6) is 0 Å². The van der Waals surface area contributed by atoms with Crippen molar-refractivity contribution in [2.45, 2.75) is 6.61 Å². The van der Waals surface area contributed by atoms with Crippen LogP contribution in [0.25, 0.3) is 6.08 Å². The molecule has 0 fully saturated rings. The van der Waals surface area contributed by atoms with Crippen molar-refractivity contribution in [3.8, 4) is 0 Å². The van der Waals surface area contributed by atoms with Crippen molar-refractivity contribution in [1.82, 2.24) is 0 Å². The molecule has 1 aromatic carbocycles. The van der Waals surface area contributed by atoms with E-state index in [9.17, 15) is 4.39 Å². The highest BCUT2D eigenvalue weighted by Crippen LogP contribution is 2.14. The minimum absolute atomic E-state index is 0.262. The topological polar surface area (TPSA) is 20.2 Å². The van der Waals surface area contributed by atoms with Crippen LogP contribution in [0.3, 0.4) is 0 Å². The molecule has 0 aliphatic carbocycles. The zero-order chi connectivity index (χ0) is 9.68. The van der Waals surface area contributed by atoms with Crippen molar-refractivity contribution in [2.75, 3.05) is 5.33 Å². The van der Waals surface area contributed by atoms with Gasteiger partial charge in [-0.3, -0.25) is 0 Å². The number of halogens is 2. The minimum Gasteiger partial charge on any atom is -0.392 e. The third-order valence-corrected chi connectivity index (χ3v) is 2.04. The molecule has 0 spiro atoms. The van der Waals surface area contributed by atoms with E-state index in [0.717, 1.165) is 0 Å². The number of hydrogen-bond donors (Lipinski definition) is 1. The SMILES string of the molecule is OCc1cccc(C=CCBr)c1F. The lowest BCUT2D eigenvalue weighted by Gasteiger charge is -2.01. The van der Waals surface area contributed by atoms with Crippen molar-refractivity contribution in [3.63, 3.8) is 0 Å². The zero-order valence-corrected chi connectivity index (χ0v) is 8.59. The molecule has 0 aliphatic heterocycles. The Labute approximate surface area is 85.0 Å². The number of benzene rings is 1. The predicted octanol–water partition coefficient (Wildman–Crippen LogP) is 2.73. The second kappa shape index (κ2) is 5.14. The molecule has 0 unspecified atom stereocenters. The molecule has 0 saturated heterocycles. The first-order chi connectivity index (χ1) is 6.29. The Bertz CT molecular complexity index is 310. The monoisotopic (exact) mass is 244 g/mol. The summed E-state index contributed by atoms with van der Waals surface area (Å²) in [6, 6.07) is 4.97. The molecule has 1 nitrogen and oxygen atoms in total. The lowest BCUT2D eigenvalue weighted by atomic mass is 10.1. The van der Waals surface area contributed by atoms with E-state index in [1.54, 1.807) is 30.4 Å². The molecule has 1 N–H and O–H groups in total. The van der Waals surface area contributed by atoms with E-state index in [-0.39, 0.29) is 12.4 Å². The average Bonchev–Trinajstić information content (AvgIpc) is 2.16. The van der Waals surface area contributed by atoms with Gasteiger partial charge in [-0.1, -0.05) is 46.3 Å². The van der Waals surface area contributed by atoms with E-state index in [1.807, 2.05) is 0 Å². The Morgan fingerprint density at radius 2 is 2.23 bits per heavy atom. The number of allylic oxidation sites excluding steroid dienone is 1. The van der Waals surface area contributed by atoms with Gasteiger partial charge in [0, 0.05) is 16.5 Å². The molecular weight excluding hydrogens is 235 g/mol. The molecule has 0 radical (unpaired) electrons. The van der Waals surface area contributed by atoms with Crippen molar-refractivity contribution in [3.05, 3.63) is 41.2 Å². The van der Waals surface area contributed by atoms with Crippen LogP contribution >= 0.6 is 15.9 Å². The highest BCUT2D eigenvalue weighted by atomic mass is 79.9. The van der Waals surface area contributed by atoms with Crippen LogP contribution < -0.4 is 0 Å². The number of alkyl halides is 1. The standard InChI is InChI=1S/C10H10BrFO/c11-6-2-5-8-3-1-4-9(7-13)10(8)12/h1-5,13H,6-7H2. The van der Waals surface area contributed by atoms with Crippen molar-refractivity contribution >= 4 is 22.0 Å².